The van der Waals surface area contributed by atoms with Crippen LogP contribution >= 0.6 is 0 Å². The zero-order valence-corrected chi connectivity index (χ0v) is 11.5. The predicted molar refractivity (Wildman–Crippen MR) is 68.1 cm³/mol. The molecule has 0 aliphatic carbocycles. The van der Waals surface area contributed by atoms with Gasteiger partial charge in [0, 0.05) is 12.0 Å². The molecule has 1 unspecified atom stereocenters. The van der Waals surface area contributed by atoms with Gasteiger partial charge < -0.3 is 9.64 Å². The van der Waals surface area contributed by atoms with Gasteiger partial charge >= 0.3 is 6.61 Å². The Morgan fingerprint density at radius 2 is 2.05 bits per heavy atom. The Labute approximate surface area is 119 Å². The average Bonchev–Trinajstić information content (AvgIpc) is 2.69. The predicted octanol–water partition coefficient (Wildman–Crippen LogP) is 3.69. The van der Waals surface area contributed by atoms with Crippen LogP contribution in [0.3, 0.4) is 0 Å². The molecule has 3 nitrogen and oxygen atoms in total. The highest BCUT2D eigenvalue weighted by molar-refractivity contribution is 5.62. The molecule has 1 aliphatic rings. The summed E-state index contributed by atoms with van der Waals surface area (Å²) in [6, 6.07) is 3.44. The third-order valence-electron chi connectivity index (χ3n) is 3.72. The number of alkyl halides is 2. The number of benzene rings is 1. The van der Waals surface area contributed by atoms with Crippen molar-refractivity contribution in [2.75, 3.05) is 11.4 Å². The molecule has 0 spiro atoms. The fourth-order valence-corrected chi connectivity index (χ4v) is 2.55. The average molecular weight is 302 g/mol. The number of nitriles is 1. The van der Waals surface area contributed by atoms with E-state index in [1.807, 2.05) is 13.8 Å². The van der Waals surface area contributed by atoms with Gasteiger partial charge in [0.15, 0.2) is 11.6 Å². The molecule has 0 radical (unpaired) electrons. The van der Waals surface area contributed by atoms with Crippen molar-refractivity contribution in [3.8, 4) is 11.8 Å². The normalized spacial score (nSPS) is 20.7. The monoisotopic (exact) mass is 302 g/mol. The van der Waals surface area contributed by atoms with E-state index in [2.05, 4.69) is 10.8 Å². The standard InChI is InChI=1S/C14H14F4N2O/c1-14(2)5-6-20(10(14)7-19)9-4-3-8(15)11(16)12(9)21-13(17)18/h3-4,10,13H,5-6H2,1-2H3. The number of rotatable bonds is 3. The first kappa shape index (κ1) is 15.4. The summed E-state index contributed by atoms with van der Waals surface area (Å²) in [5.74, 6) is -3.61. The first-order chi connectivity index (χ1) is 9.77. The second-order valence-electron chi connectivity index (χ2n) is 5.55. The molecule has 1 fully saturated rings. The molecule has 1 aromatic carbocycles. The van der Waals surface area contributed by atoms with Crippen LogP contribution in [-0.4, -0.2) is 19.2 Å². The molecule has 7 heteroatoms. The minimum Gasteiger partial charge on any atom is -0.429 e. The van der Waals surface area contributed by atoms with Crippen LogP contribution in [0.5, 0.6) is 5.75 Å². The highest BCUT2D eigenvalue weighted by Gasteiger charge is 2.42. The molecule has 0 N–H and O–H groups in total. The number of halogens is 4. The summed E-state index contributed by atoms with van der Waals surface area (Å²) >= 11 is 0. The largest absolute Gasteiger partial charge is 0.429 e. The Morgan fingerprint density at radius 1 is 1.38 bits per heavy atom. The van der Waals surface area contributed by atoms with Gasteiger partial charge in [-0.1, -0.05) is 13.8 Å². The van der Waals surface area contributed by atoms with Crippen LogP contribution in [0.15, 0.2) is 12.1 Å². The summed E-state index contributed by atoms with van der Waals surface area (Å²) in [5, 5.41) is 9.28. The van der Waals surface area contributed by atoms with Crippen molar-refractivity contribution in [2.45, 2.75) is 32.9 Å². The van der Waals surface area contributed by atoms with Crippen LogP contribution in [-0.2, 0) is 0 Å². The second kappa shape index (κ2) is 5.43. The quantitative estimate of drug-likeness (QED) is 0.799. The summed E-state index contributed by atoms with van der Waals surface area (Å²) in [5.41, 5.74) is -0.423. The zero-order chi connectivity index (χ0) is 15.8. The van der Waals surface area contributed by atoms with Crippen molar-refractivity contribution in [2.24, 2.45) is 5.41 Å². The van der Waals surface area contributed by atoms with Crippen LogP contribution in [0.1, 0.15) is 20.3 Å². The third kappa shape index (κ3) is 2.75. The van der Waals surface area contributed by atoms with Gasteiger partial charge in [0.05, 0.1) is 11.8 Å². The Balaban J connectivity index is 2.49. The van der Waals surface area contributed by atoms with Gasteiger partial charge in [-0.25, -0.2) is 4.39 Å². The van der Waals surface area contributed by atoms with E-state index in [0.717, 1.165) is 12.1 Å². The van der Waals surface area contributed by atoms with Crippen molar-refractivity contribution in [3.05, 3.63) is 23.8 Å². The van der Waals surface area contributed by atoms with Crippen LogP contribution in [0, 0.1) is 28.4 Å². The SMILES string of the molecule is CC1(C)CCN(c2ccc(F)c(F)c2OC(F)F)C1C#N. The number of anilines is 1. The summed E-state index contributed by atoms with van der Waals surface area (Å²) in [7, 11) is 0. The van der Waals surface area contributed by atoms with E-state index >= 15 is 0 Å². The van der Waals surface area contributed by atoms with E-state index in [0.29, 0.717) is 13.0 Å². The van der Waals surface area contributed by atoms with E-state index in [4.69, 9.17) is 0 Å². The van der Waals surface area contributed by atoms with E-state index in [1.165, 1.54) is 4.90 Å². The van der Waals surface area contributed by atoms with E-state index < -0.39 is 30.0 Å². The molecule has 1 atom stereocenters. The zero-order valence-electron chi connectivity index (χ0n) is 11.5. The maximum absolute atomic E-state index is 13.8. The number of nitrogens with zero attached hydrogens (tertiary/aromatic N) is 2. The van der Waals surface area contributed by atoms with E-state index in [1.54, 1.807) is 0 Å². The lowest BCUT2D eigenvalue weighted by Gasteiger charge is -2.29. The highest BCUT2D eigenvalue weighted by atomic mass is 19.3. The molecule has 0 aromatic heterocycles. The van der Waals surface area contributed by atoms with E-state index in [-0.39, 0.29) is 11.1 Å². The molecule has 114 valence electrons. The van der Waals surface area contributed by atoms with Crippen molar-refractivity contribution >= 4 is 5.69 Å². The maximum atomic E-state index is 13.8. The minimum absolute atomic E-state index is 0.0358. The van der Waals surface area contributed by atoms with Crippen LogP contribution in [0.4, 0.5) is 23.2 Å². The maximum Gasteiger partial charge on any atom is 0.387 e. The smallest absolute Gasteiger partial charge is 0.387 e. The summed E-state index contributed by atoms with van der Waals surface area (Å²) in [6.07, 6.45) is 0.623. The first-order valence-corrected chi connectivity index (χ1v) is 6.37. The van der Waals surface area contributed by atoms with Crippen molar-refractivity contribution in [1.82, 2.24) is 0 Å². The molecule has 2 rings (SSSR count). The molecule has 0 bridgehead atoms. The lowest BCUT2D eigenvalue weighted by Crippen LogP contribution is -2.35. The molecule has 21 heavy (non-hydrogen) atoms. The molecule has 0 amide bonds. The van der Waals surface area contributed by atoms with Crippen LogP contribution in [0.25, 0.3) is 0 Å². The molecule has 1 heterocycles. The Morgan fingerprint density at radius 3 is 2.62 bits per heavy atom. The number of hydrogen-bond acceptors (Lipinski definition) is 3. The van der Waals surface area contributed by atoms with Gasteiger partial charge in [-0.15, -0.1) is 0 Å². The van der Waals surface area contributed by atoms with Crippen LogP contribution < -0.4 is 9.64 Å². The lowest BCUT2D eigenvalue weighted by atomic mass is 9.85. The summed E-state index contributed by atoms with van der Waals surface area (Å²) in [6.45, 7) is 0.801. The minimum atomic E-state index is -3.28. The Hall–Kier alpha value is -1.97. The Kier molecular flexibility index (Phi) is 3.99. The summed E-state index contributed by atoms with van der Waals surface area (Å²) in [4.78, 5) is 1.47. The molecule has 0 saturated carbocycles. The number of ether oxygens (including phenoxy) is 1. The van der Waals surface area contributed by atoms with Crippen molar-refractivity contribution in [1.29, 1.82) is 5.26 Å². The van der Waals surface area contributed by atoms with Gasteiger partial charge in [-0.2, -0.15) is 18.4 Å². The van der Waals surface area contributed by atoms with E-state index in [9.17, 15) is 22.8 Å². The van der Waals surface area contributed by atoms with Crippen molar-refractivity contribution in [3.63, 3.8) is 0 Å². The van der Waals surface area contributed by atoms with Gasteiger partial charge in [-0.3, -0.25) is 0 Å². The molecule has 1 saturated heterocycles. The molecule has 1 aromatic rings. The fourth-order valence-electron chi connectivity index (χ4n) is 2.55. The number of hydrogen-bond donors (Lipinski definition) is 0. The summed E-state index contributed by atoms with van der Waals surface area (Å²) < 4.78 is 56.0. The molecular weight excluding hydrogens is 288 g/mol. The third-order valence-corrected chi connectivity index (χ3v) is 3.72. The van der Waals surface area contributed by atoms with Crippen LogP contribution in [0.2, 0.25) is 0 Å². The lowest BCUT2D eigenvalue weighted by molar-refractivity contribution is -0.0521. The van der Waals surface area contributed by atoms with Gasteiger partial charge in [0.25, 0.3) is 0 Å². The van der Waals surface area contributed by atoms with Crippen molar-refractivity contribution < 1.29 is 22.3 Å². The first-order valence-electron chi connectivity index (χ1n) is 6.37. The molecular formula is C14H14F4N2O. The van der Waals surface area contributed by atoms with Gasteiger partial charge in [-0.05, 0) is 18.6 Å². The topological polar surface area (TPSA) is 36.3 Å². The second-order valence-corrected chi connectivity index (χ2v) is 5.55. The molecule has 1 aliphatic heterocycles. The van der Waals surface area contributed by atoms with Gasteiger partial charge in [0.1, 0.15) is 6.04 Å². The highest BCUT2D eigenvalue weighted by Crippen LogP contribution is 2.43. The Bertz CT molecular complexity index is 583. The van der Waals surface area contributed by atoms with Gasteiger partial charge in [0.2, 0.25) is 5.82 Å². The fraction of sp³-hybridized carbons (Fsp3) is 0.500.